The number of anilines is 1. The average molecular weight is 598 g/mol. The molecule has 1 aliphatic carbocycles. The molecule has 8 heteroatoms. The highest BCUT2D eigenvalue weighted by Crippen LogP contribution is 2.42. The van der Waals surface area contributed by atoms with Crippen LogP contribution in [0, 0.1) is 5.92 Å². The summed E-state index contributed by atoms with van der Waals surface area (Å²) in [5.74, 6) is 3.12. The quantitative estimate of drug-likeness (QED) is 0.389. The first-order chi connectivity index (χ1) is 19.4. The molecule has 0 saturated carbocycles. The number of rotatable bonds is 6. The van der Waals surface area contributed by atoms with Gasteiger partial charge >= 0.3 is 0 Å². The normalized spacial score (nSPS) is 26.2. The molecular formula is C32H38Cl2N4OS. The van der Waals surface area contributed by atoms with Crippen LogP contribution in [-0.4, -0.2) is 65.5 Å². The monoisotopic (exact) mass is 596 g/mol. The van der Waals surface area contributed by atoms with E-state index in [2.05, 4.69) is 51.1 Å². The maximum Gasteiger partial charge on any atom is 0.234 e. The molecule has 0 bridgehead atoms. The van der Waals surface area contributed by atoms with Gasteiger partial charge in [-0.2, -0.15) is 11.8 Å². The number of hydrogen-bond acceptors (Lipinski definition) is 5. The zero-order chi connectivity index (χ0) is 27.6. The van der Waals surface area contributed by atoms with Crippen molar-refractivity contribution in [1.29, 1.82) is 0 Å². The van der Waals surface area contributed by atoms with E-state index in [1.54, 1.807) is 6.08 Å². The smallest absolute Gasteiger partial charge is 0.234 e. The number of likely N-dealkylation sites (tertiary alicyclic amines) is 1. The summed E-state index contributed by atoms with van der Waals surface area (Å²) in [5, 5.41) is 4.42. The maximum absolute atomic E-state index is 13.3. The van der Waals surface area contributed by atoms with Gasteiger partial charge in [0.25, 0.3) is 0 Å². The molecule has 6 rings (SSSR count). The van der Waals surface area contributed by atoms with Crippen molar-refractivity contribution in [2.45, 2.75) is 50.2 Å². The number of carbonyl (C=O) groups excluding carboxylic acids is 1. The Morgan fingerprint density at radius 1 is 1.05 bits per heavy atom. The first-order valence-corrected chi connectivity index (χ1v) is 16.4. The second-order valence-electron chi connectivity index (χ2n) is 11.6. The molecule has 3 heterocycles. The van der Waals surface area contributed by atoms with Crippen LogP contribution in [0.15, 0.2) is 64.7 Å². The van der Waals surface area contributed by atoms with E-state index in [-0.39, 0.29) is 18.0 Å². The summed E-state index contributed by atoms with van der Waals surface area (Å²) in [6.07, 6.45) is 8.79. The molecule has 0 radical (unpaired) electrons. The highest BCUT2D eigenvalue weighted by molar-refractivity contribution is 7.99. The molecule has 3 atom stereocenters. The second kappa shape index (κ2) is 12.5. The van der Waals surface area contributed by atoms with Gasteiger partial charge in [-0.1, -0.05) is 53.5 Å². The Balaban J connectivity index is 1.22. The number of nitrogens with one attached hydrogen (secondary N) is 1. The third kappa shape index (κ3) is 6.42. The Kier molecular flexibility index (Phi) is 8.80. The van der Waals surface area contributed by atoms with Crippen molar-refractivity contribution >= 4 is 46.6 Å². The van der Waals surface area contributed by atoms with Crippen molar-refractivity contribution in [3.63, 3.8) is 0 Å². The van der Waals surface area contributed by atoms with Gasteiger partial charge in [0.2, 0.25) is 5.91 Å². The number of nitrogens with two attached hydrogens (primary N) is 1. The number of hydrogen-bond donors (Lipinski definition) is 2. The van der Waals surface area contributed by atoms with Gasteiger partial charge in [0, 0.05) is 46.6 Å². The van der Waals surface area contributed by atoms with E-state index in [4.69, 9.17) is 28.9 Å². The topological polar surface area (TPSA) is 61.6 Å². The Hall–Kier alpha value is -1.96. The van der Waals surface area contributed by atoms with Crippen LogP contribution in [0.3, 0.4) is 0 Å². The Bertz CT molecular complexity index is 1300. The van der Waals surface area contributed by atoms with Crippen LogP contribution in [-0.2, 0) is 11.2 Å². The van der Waals surface area contributed by atoms with E-state index < -0.39 is 0 Å². The van der Waals surface area contributed by atoms with Crippen LogP contribution >= 0.6 is 35.0 Å². The molecule has 2 aromatic carbocycles. The van der Waals surface area contributed by atoms with Crippen LogP contribution < -0.4 is 11.1 Å². The molecule has 2 saturated heterocycles. The molecule has 3 N–H and O–H groups in total. The fraction of sp³-hybridized carbons (Fsp3) is 0.469. The summed E-state index contributed by atoms with van der Waals surface area (Å²) >= 11 is 14.6. The summed E-state index contributed by atoms with van der Waals surface area (Å²) in [6, 6.07) is 15.8. The first-order valence-electron chi connectivity index (χ1n) is 14.5. The van der Waals surface area contributed by atoms with Crippen LogP contribution in [0.4, 0.5) is 5.69 Å². The lowest BCUT2D eigenvalue weighted by Gasteiger charge is -2.45. The molecule has 5 nitrogen and oxygen atoms in total. The van der Waals surface area contributed by atoms with Gasteiger partial charge < -0.3 is 11.1 Å². The fourth-order valence-electron chi connectivity index (χ4n) is 7.00. The number of piperidine rings is 1. The van der Waals surface area contributed by atoms with Crippen LogP contribution in [0.1, 0.15) is 42.9 Å². The largest absolute Gasteiger partial charge is 0.399 e. The van der Waals surface area contributed by atoms with E-state index in [1.807, 2.05) is 24.3 Å². The lowest BCUT2D eigenvalue weighted by molar-refractivity contribution is -0.123. The number of fused-ring (bicyclic) bond motifs is 1. The summed E-state index contributed by atoms with van der Waals surface area (Å²) < 4.78 is 0. The summed E-state index contributed by atoms with van der Waals surface area (Å²) in [7, 11) is 0. The Morgan fingerprint density at radius 2 is 1.88 bits per heavy atom. The fourth-order valence-corrected chi connectivity index (χ4v) is 8.87. The van der Waals surface area contributed by atoms with Gasteiger partial charge in [0.1, 0.15) is 0 Å². The van der Waals surface area contributed by atoms with E-state index >= 15 is 0 Å². The standard InChI is InChI=1S/C32H38Cl2N4OS/c33-25-16-26(34)18-28(17-25)36-31(39)19-38-12-8-24-14-23(22-2-1-3-27(35)15-22)4-5-30(24)32(38)21-6-10-37(11-7-21)29-9-13-40-20-29/h1-5,14-17,21,28-29,32H,6-13,18-20,35H2,(H,36,39). The zero-order valence-corrected chi connectivity index (χ0v) is 25.2. The molecule has 212 valence electrons. The maximum atomic E-state index is 13.3. The summed E-state index contributed by atoms with van der Waals surface area (Å²) in [6.45, 7) is 3.55. The SMILES string of the molecule is Nc1cccc(-c2ccc3c(c2)CCN(CC(=O)NC2C=C(Cl)C=C(Cl)C2)C3C2CCN(C3CCSC3)CC2)c1. The van der Waals surface area contributed by atoms with Crippen molar-refractivity contribution in [2.24, 2.45) is 5.92 Å². The third-order valence-corrected chi connectivity index (χ3v) is 10.6. The average Bonchev–Trinajstić information content (AvgIpc) is 3.47. The Labute approximate surface area is 252 Å². The lowest BCUT2D eigenvalue weighted by Crippen LogP contribution is -2.49. The zero-order valence-electron chi connectivity index (χ0n) is 22.8. The second-order valence-corrected chi connectivity index (χ2v) is 13.7. The molecule has 1 amide bonds. The highest BCUT2D eigenvalue weighted by Gasteiger charge is 2.38. The minimum atomic E-state index is -0.165. The molecule has 3 aliphatic heterocycles. The predicted molar refractivity (Wildman–Crippen MR) is 169 cm³/mol. The minimum Gasteiger partial charge on any atom is -0.399 e. The van der Waals surface area contributed by atoms with Gasteiger partial charge in [-0.05, 0) is 97.0 Å². The van der Waals surface area contributed by atoms with Crippen molar-refractivity contribution in [3.05, 3.63) is 75.8 Å². The highest BCUT2D eigenvalue weighted by atomic mass is 35.5. The van der Waals surface area contributed by atoms with Gasteiger partial charge in [0.05, 0.1) is 12.6 Å². The van der Waals surface area contributed by atoms with E-state index in [9.17, 15) is 4.79 Å². The lowest BCUT2D eigenvalue weighted by atomic mass is 9.79. The van der Waals surface area contributed by atoms with Crippen molar-refractivity contribution < 1.29 is 4.79 Å². The van der Waals surface area contributed by atoms with Crippen molar-refractivity contribution in [2.75, 3.05) is 43.4 Å². The molecular weight excluding hydrogens is 559 g/mol. The molecule has 2 fully saturated rings. The van der Waals surface area contributed by atoms with Gasteiger partial charge in [-0.25, -0.2) is 0 Å². The third-order valence-electron chi connectivity index (χ3n) is 8.95. The number of halogens is 2. The van der Waals surface area contributed by atoms with E-state index in [1.165, 1.54) is 47.5 Å². The van der Waals surface area contributed by atoms with Gasteiger partial charge in [0.15, 0.2) is 0 Å². The number of nitrogen functional groups attached to an aromatic ring is 1. The van der Waals surface area contributed by atoms with Gasteiger partial charge in [-0.3, -0.25) is 14.6 Å². The molecule has 4 aliphatic rings. The number of amides is 1. The molecule has 0 spiro atoms. The van der Waals surface area contributed by atoms with Crippen LogP contribution in [0.5, 0.6) is 0 Å². The Morgan fingerprint density at radius 3 is 2.62 bits per heavy atom. The van der Waals surface area contributed by atoms with Crippen molar-refractivity contribution in [1.82, 2.24) is 15.1 Å². The first kappa shape index (κ1) is 28.2. The van der Waals surface area contributed by atoms with Gasteiger partial charge in [-0.15, -0.1) is 0 Å². The summed E-state index contributed by atoms with van der Waals surface area (Å²) in [5.41, 5.74) is 12.0. The number of carbonyl (C=O) groups is 1. The molecule has 2 aromatic rings. The van der Waals surface area contributed by atoms with Crippen LogP contribution in [0.2, 0.25) is 0 Å². The number of nitrogens with zero attached hydrogens (tertiary/aromatic N) is 2. The minimum absolute atomic E-state index is 0.0299. The molecule has 3 unspecified atom stereocenters. The summed E-state index contributed by atoms with van der Waals surface area (Å²) in [4.78, 5) is 18.5. The van der Waals surface area contributed by atoms with E-state index in [0.29, 0.717) is 28.9 Å². The van der Waals surface area contributed by atoms with E-state index in [0.717, 1.165) is 43.3 Å². The molecule has 0 aromatic heterocycles. The van der Waals surface area contributed by atoms with Crippen molar-refractivity contribution in [3.8, 4) is 11.1 Å². The number of allylic oxidation sites excluding steroid dienone is 2. The number of benzene rings is 2. The van der Waals surface area contributed by atoms with Crippen LogP contribution in [0.25, 0.3) is 11.1 Å². The molecule has 40 heavy (non-hydrogen) atoms. The number of thioether (sulfide) groups is 1. The predicted octanol–water partition coefficient (Wildman–Crippen LogP) is 6.19.